The summed E-state index contributed by atoms with van der Waals surface area (Å²) < 4.78 is 1.52. The van der Waals surface area contributed by atoms with E-state index in [1.165, 1.54) is 15.9 Å². The van der Waals surface area contributed by atoms with E-state index < -0.39 is 6.10 Å². The largest absolute Gasteiger partial charge is 0.391 e. The summed E-state index contributed by atoms with van der Waals surface area (Å²) in [6.07, 6.45) is 1.41. The summed E-state index contributed by atoms with van der Waals surface area (Å²) in [5.74, 6) is 0. The maximum atomic E-state index is 13.0. The molecule has 0 aliphatic heterocycles. The number of thiophene rings is 1. The van der Waals surface area contributed by atoms with E-state index in [9.17, 15) is 9.90 Å². The summed E-state index contributed by atoms with van der Waals surface area (Å²) in [7, 11) is 0. The van der Waals surface area contributed by atoms with Gasteiger partial charge >= 0.3 is 0 Å². The molecule has 2 aromatic carbocycles. The van der Waals surface area contributed by atoms with Crippen molar-refractivity contribution in [3.8, 4) is 10.4 Å². The second-order valence-corrected chi connectivity index (χ2v) is 7.65. The molecule has 0 amide bonds. The zero-order valence-electron chi connectivity index (χ0n) is 15.0. The highest BCUT2D eigenvalue weighted by molar-refractivity contribution is 7.22. The minimum absolute atomic E-state index is 0.0944. The predicted octanol–water partition coefficient (Wildman–Crippen LogP) is 4.04. The number of benzene rings is 2. The Kier molecular flexibility index (Phi) is 4.88. The topological polar surface area (TPSA) is 55.1 Å². The minimum atomic E-state index is -0.642. The van der Waals surface area contributed by atoms with Crippen LogP contribution in [-0.4, -0.2) is 20.8 Å². The van der Waals surface area contributed by atoms with Crippen molar-refractivity contribution in [2.75, 3.05) is 0 Å². The Morgan fingerprint density at radius 3 is 2.44 bits per heavy atom. The molecule has 0 aliphatic rings. The molecular weight excluding hydrogens is 356 g/mol. The normalized spacial score (nSPS) is 12.4. The lowest BCUT2D eigenvalue weighted by Crippen LogP contribution is -2.28. The average Bonchev–Trinajstić information content (AvgIpc) is 3.03. The fourth-order valence-electron chi connectivity index (χ4n) is 3.33. The fraction of sp³-hybridized carbons (Fsp3) is 0.182. The maximum absolute atomic E-state index is 13.0. The number of aryl methyl sites for hydroxylation is 1. The number of aliphatic hydroxyl groups excluding tert-OH is 1. The molecular formula is C22H20N2O2S. The first-order valence-electron chi connectivity index (χ1n) is 8.89. The van der Waals surface area contributed by atoms with Crippen LogP contribution < -0.4 is 5.56 Å². The molecule has 136 valence electrons. The van der Waals surface area contributed by atoms with Crippen LogP contribution in [-0.2, 0) is 13.0 Å². The molecule has 4 aromatic rings. The van der Waals surface area contributed by atoms with Crippen molar-refractivity contribution >= 4 is 21.6 Å². The summed E-state index contributed by atoms with van der Waals surface area (Å²) >= 11 is 1.53. The van der Waals surface area contributed by atoms with Crippen LogP contribution in [0.4, 0.5) is 0 Å². The van der Waals surface area contributed by atoms with Crippen LogP contribution in [0.25, 0.3) is 20.7 Å². The highest BCUT2D eigenvalue weighted by atomic mass is 32.1. The minimum Gasteiger partial charge on any atom is -0.391 e. The predicted molar refractivity (Wildman–Crippen MR) is 110 cm³/mol. The van der Waals surface area contributed by atoms with E-state index in [1.807, 2.05) is 67.6 Å². The van der Waals surface area contributed by atoms with Crippen LogP contribution in [0.3, 0.4) is 0 Å². The Hall–Kier alpha value is -2.76. The third-order valence-corrected chi connectivity index (χ3v) is 5.92. The van der Waals surface area contributed by atoms with Gasteiger partial charge in [0.05, 0.1) is 24.4 Å². The van der Waals surface area contributed by atoms with Crippen molar-refractivity contribution in [2.45, 2.75) is 26.0 Å². The first kappa shape index (κ1) is 17.6. The van der Waals surface area contributed by atoms with Crippen molar-refractivity contribution in [3.63, 3.8) is 0 Å². The molecule has 0 aliphatic carbocycles. The summed E-state index contributed by atoms with van der Waals surface area (Å²) in [6.45, 7) is 2.20. The number of nitrogens with zero attached hydrogens (tertiary/aromatic N) is 2. The Bertz CT molecular complexity index is 1120. The molecule has 0 saturated carbocycles. The van der Waals surface area contributed by atoms with Gasteiger partial charge in [0, 0.05) is 11.3 Å². The van der Waals surface area contributed by atoms with Gasteiger partial charge in [0.2, 0.25) is 0 Å². The van der Waals surface area contributed by atoms with E-state index >= 15 is 0 Å². The van der Waals surface area contributed by atoms with E-state index in [-0.39, 0.29) is 12.1 Å². The molecule has 0 spiro atoms. The van der Waals surface area contributed by atoms with Gasteiger partial charge in [-0.1, -0.05) is 60.7 Å². The van der Waals surface area contributed by atoms with Gasteiger partial charge in [0.25, 0.3) is 5.56 Å². The van der Waals surface area contributed by atoms with Crippen molar-refractivity contribution in [1.29, 1.82) is 0 Å². The van der Waals surface area contributed by atoms with Crippen LogP contribution in [0.2, 0.25) is 0 Å². The number of aromatic nitrogens is 2. The van der Waals surface area contributed by atoms with E-state index in [4.69, 9.17) is 0 Å². The molecule has 2 heterocycles. The second-order valence-electron chi connectivity index (χ2n) is 6.65. The van der Waals surface area contributed by atoms with E-state index in [2.05, 4.69) is 4.98 Å². The second kappa shape index (κ2) is 7.47. The molecule has 4 nitrogen and oxygen atoms in total. The molecule has 1 unspecified atom stereocenters. The average molecular weight is 376 g/mol. The van der Waals surface area contributed by atoms with Gasteiger partial charge in [-0.25, -0.2) is 4.98 Å². The Morgan fingerprint density at radius 2 is 1.74 bits per heavy atom. The van der Waals surface area contributed by atoms with Gasteiger partial charge in [0.15, 0.2) is 0 Å². The number of hydrogen-bond donors (Lipinski definition) is 1. The number of rotatable bonds is 5. The lowest BCUT2D eigenvalue weighted by molar-refractivity contribution is 0.152. The summed E-state index contributed by atoms with van der Waals surface area (Å²) in [5.41, 5.74) is 2.99. The van der Waals surface area contributed by atoms with Gasteiger partial charge in [-0.3, -0.25) is 9.36 Å². The SMILES string of the molecule is Cc1c(-c2ccccc2)sc2ncn(CC(O)Cc3ccccc3)c(=O)c12. The maximum Gasteiger partial charge on any atom is 0.262 e. The first-order chi connectivity index (χ1) is 13.1. The molecule has 0 radical (unpaired) electrons. The van der Waals surface area contributed by atoms with Gasteiger partial charge in [-0.2, -0.15) is 0 Å². The zero-order valence-corrected chi connectivity index (χ0v) is 15.8. The first-order valence-corrected chi connectivity index (χ1v) is 9.71. The van der Waals surface area contributed by atoms with Gasteiger partial charge < -0.3 is 5.11 Å². The standard InChI is InChI=1S/C22H20N2O2S/c1-15-19-21(27-20(15)17-10-6-3-7-11-17)23-14-24(22(19)26)13-18(25)12-16-8-4-2-5-9-16/h2-11,14,18,25H,12-13H2,1H3. The van der Waals surface area contributed by atoms with Crippen molar-refractivity contribution < 1.29 is 5.11 Å². The van der Waals surface area contributed by atoms with Crippen molar-refractivity contribution in [3.05, 3.63) is 88.5 Å². The number of fused-ring (bicyclic) bond motifs is 1. The van der Waals surface area contributed by atoms with Crippen molar-refractivity contribution in [2.24, 2.45) is 0 Å². The molecule has 0 bridgehead atoms. The van der Waals surface area contributed by atoms with Crippen LogP contribution in [0.15, 0.2) is 71.8 Å². The lowest BCUT2D eigenvalue weighted by Gasteiger charge is -2.12. The summed E-state index contributed by atoms with van der Waals surface area (Å²) in [5, 5.41) is 11.1. The monoisotopic (exact) mass is 376 g/mol. The molecule has 4 rings (SSSR count). The third kappa shape index (κ3) is 3.56. The van der Waals surface area contributed by atoms with E-state index in [0.717, 1.165) is 26.4 Å². The summed E-state index contributed by atoms with van der Waals surface area (Å²) in [4.78, 5) is 19.3. The molecule has 1 atom stereocenters. The lowest BCUT2D eigenvalue weighted by atomic mass is 10.1. The quantitative estimate of drug-likeness (QED) is 0.572. The molecule has 27 heavy (non-hydrogen) atoms. The van der Waals surface area contributed by atoms with E-state index in [0.29, 0.717) is 11.8 Å². The molecule has 0 saturated heterocycles. The highest BCUT2D eigenvalue weighted by Gasteiger charge is 2.17. The highest BCUT2D eigenvalue weighted by Crippen LogP contribution is 2.35. The van der Waals surface area contributed by atoms with Gasteiger partial charge in [-0.15, -0.1) is 11.3 Å². The Balaban J connectivity index is 1.66. The smallest absolute Gasteiger partial charge is 0.262 e. The number of aliphatic hydroxyl groups is 1. The van der Waals surface area contributed by atoms with Gasteiger partial charge in [0.1, 0.15) is 4.83 Å². The van der Waals surface area contributed by atoms with Crippen LogP contribution in [0.5, 0.6) is 0 Å². The summed E-state index contributed by atoms with van der Waals surface area (Å²) in [6, 6.07) is 19.8. The number of hydrogen-bond acceptors (Lipinski definition) is 4. The van der Waals surface area contributed by atoms with Gasteiger partial charge in [-0.05, 0) is 23.6 Å². The van der Waals surface area contributed by atoms with Crippen LogP contribution in [0.1, 0.15) is 11.1 Å². The Labute approximate surface area is 161 Å². The Morgan fingerprint density at radius 1 is 1.07 bits per heavy atom. The van der Waals surface area contributed by atoms with E-state index in [1.54, 1.807) is 6.33 Å². The third-order valence-electron chi connectivity index (χ3n) is 4.67. The zero-order chi connectivity index (χ0) is 18.8. The van der Waals surface area contributed by atoms with Crippen molar-refractivity contribution in [1.82, 2.24) is 9.55 Å². The molecule has 2 aromatic heterocycles. The van der Waals surface area contributed by atoms with Crippen LogP contribution >= 0.6 is 11.3 Å². The fourth-order valence-corrected chi connectivity index (χ4v) is 4.48. The van der Waals surface area contributed by atoms with Crippen LogP contribution in [0, 0.1) is 6.92 Å². The molecule has 1 N–H and O–H groups in total. The molecule has 5 heteroatoms. The molecule has 0 fully saturated rings.